The molecule has 3 nitrogen and oxygen atoms in total. The van der Waals surface area contributed by atoms with Crippen molar-refractivity contribution in [2.75, 3.05) is 6.16 Å². The highest BCUT2D eigenvalue weighted by atomic mass is 31.2. The molecule has 0 saturated heterocycles. The first kappa shape index (κ1) is 30.7. The number of hydrogen-bond acceptors (Lipinski definition) is 3. The summed E-state index contributed by atoms with van der Waals surface area (Å²) in [7, 11) is -3.24. The van der Waals surface area contributed by atoms with E-state index in [0.717, 1.165) is 22.3 Å². The molecular weight excluding hydrogens is 463 g/mol. The maximum absolute atomic E-state index is 11.8. The molecule has 202 valence electrons. The molecule has 0 unspecified atom stereocenters. The van der Waals surface area contributed by atoms with Gasteiger partial charge in [-0.15, -0.1) is 0 Å². The minimum Gasteiger partial charge on any atom is -0.278 e. The standard InChI is InChI=1S/C32H52O3P/c1-16-36(33,34-27-17-21(2)23(29(4,5)6)19-25(27)31(10,11)12)35-28-18-22(3)24(30(7,8)9)20-26(28)32(13,14)15/h17-20,33H,16H2,1-15H3/q+1. The fourth-order valence-electron chi connectivity index (χ4n) is 4.76. The van der Waals surface area contributed by atoms with Gasteiger partial charge < -0.3 is 0 Å². The van der Waals surface area contributed by atoms with Crippen LogP contribution in [0.5, 0.6) is 11.5 Å². The zero-order valence-electron chi connectivity index (χ0n) is 25.7. The summed E-state index contributed by atoms with van der Waals surface area (Å²) in [6.45, 7) is 32.7. The Labute approximate surface area is 222 Å². The van der Waals surface area contributed by atoms with Crippen LogP contribution in [-0.2, 0) is 21.7 Å². The summed E-state index contributed by atoms with van der Waals surface area (Å²) in [4.78, 5) is 11.8. The molecule has 36 heavy (non-hydrogen) atoms. The monoisotopic (exact) mass is 515 g/mol. The minimum absolute atomic E-state index is 0.0171. The first-order valence-corrected chi connectivity index (χ1v) is 15.1. The van der Waals surface area contributed by atoms with E-state index in [4.69, 9.17) is 9.05 Å². The van der Waals surface area contributed by atoms with E-state index in [1.807, 2.05) is 6.92 Å². The second-order valence-electron chi connectivity index (χ2n) is 14.5. The molecule has 0 radical (unpaired) electrons. The van der Waals surface area contributed by atoms with E-state index >= 15 is 0 Å². The van der Waals surface area contributed by atoms with E-state index in [-0.39, 0.29) is 21.7 Å². The van der Waals surface area contributed by atoms with Crippen molar-refractivity contribution >= 4 is 7.94 Å². The second-order valence-corrected chi connectivity index (χ2v) is 16.7. The Morgan fingerprint density at radius 2 is 0.833 bits per heavy atom. The van der Waals surface area contributed by atoms with Crippen molar-refractivity contribution in [3.05, 3.63) is 57.6 Å². The lowest BCUT2D eigenvalue weighted by molar-refractivity contribution is 0.339. The lowest BCUT2D eigenvalue weighted by Gasteiger charge is -2.30. The maximum Gasteiger partial charge on any atom is 0.494 e. The predicted molar refractivity (Wildman–Crippen MR) is 158 cm³/mol. The lowest BCUT2D eigenvalue weighted by Crippen LogP contribution is -2.22. The molecule has 2 aromatic carbocycles. The van der Waals surface area contributed by atoms with E-state index < -0.39 is 7.94 Å². The highest BCUT2D eigenvalue weighted by Crippen LogP contribution is 2.58. The van der Waals surface area contributed by atoms with Gasteiger partial charge >= 0.3 is 7.94 Å². The zero-order valence-corrected chi connectivity index (χ0v) is 26.6. The van der Waals surface area contributed by atoms with Crippen molar-refractivity contribution < 1.29 is 13.9 Å². The Morgan fingerprint density at radius 1 is 0.556 bits per heavy atom. The highest BCUT2D eigenvalue weighted by Gasteiger charge is 2.44. The van der Waals surface area contributed by atoms with E-state index in [9.17, 15) is 4.89 Å². The van der Waals surface area contributed by atoms with E-state index in [0.29, 0.717) is 17.7 Å². The molecule has 0 heterocycles. The zero-order chi connectivity index (χ0) is 28.1. The van der Waals surface area contributed by atoms with Crippen molar-refractivity contribution in [3.63, 3.8) is 0 Å². The summed E-state index contributed by atoms with van der Waals surface area (Å²) in [5.41, 5.74) is 6.82. The van der Waals surface area contributed by atoms with Crippen molar-refractivity contribution in [1.82, 2.24) is 0 Å². The fourth-order valence-corrected chi connectivity index (χ4v) is 5.97. The molecular formula is C32H52O3P+. The van der Waals surface area contributed by atoms with E-state index in [2.05, 4.69) is 121 Å². The molecule has 0 spiro atoms. The molecule has 4 heteroatoms. The van der Waals surface area contributed by atoms with Gasteiger partial charge in [0.25, 0.3) is 0 Å². The number of hydrogen-bond donors (Lipinski definition) is 1. The van der Waals surface area contributed by atoms with Gasteiger partial charge in [-0.1, -0.05) is 95.2 Å². The third kappa shape index (κ3) is 7.05. The molecule has 2 rings (SSSR count). The fraction of sp³-hybridized carbons (Fsp3) is 0.625. The Balaban J connectivity index is 2.65. The quantitative estimate of drug-likeness (QED) is 0.403. The Hall–Kier alpha value is -1.57. The van der Waals surface area contributed by atoms with Gasteiger partial charge in [-0.05, 0) is 76.8 Å². The Kier molecular flexibility index (Phi) is 8.48. The van der Waals surface area contributed by atoms with Gasteiger partial charge in [0, 0.05) is 11.1 Å². The molecule has 2 aromatic rings. The summed E-state index contributed by atoms with van der Waals surface area (Å²) < 4.78 is 13.0. The summed E-state index contributed by atoms with van der Waals surface area (Å²) in [5.74, 6) is 1.43. The van der Waals surface area contributed by atoms with Crippen LogP contribution in [0.3, 0.4) is 0 Å². The molecule has 1 N–H and O–H groups in total. The van der Waals surface area contributed by atoms with Crippen molar-refractivity contribution in [3.8, 4) is 11.5 Å². The van der Waals surface area contributed by atoms with Crippen LogP contribution in [0.15, 0.2) is 24.3 Å². The number of benzene rings is 2. The van der Waals surface area contributed by atoms with Crippen LogP contribution in [0.1, 0.15) is 123 Å². The molecule has 0 bridgehead atoms. The average Bonchev–Trinajstić information content (AvgIpc) is 2.63. The van der Waals surface area contributed by atoms with Gasteiger partial charge in [0.05, 0.1) is 0 Å². The molecule has 0 aliphatic rings. The molecule has 0 aliphatic carbocycles. The molecule has 0 amide bonds. The van der Waals surface area contributed by atoms with Gasteiger partial charge in [-0.25, -0.2) is 0 Å². The number of rotatable bonds is 5. The Morgan fingerprint density at radius 3 is 1.06 bits per heavy atom. The van der Waals surface area contributed by atoms with Gasteiger partial charge in [-0.3, -0.25) is 9.05 Å². The van der Waals surface area contributed by atoms with Gasteiger partial charge in [-0.2, -0.15) is 4.89 Å². The minimum atomic E-state index is -3.24. The summed E-state index contributed by atoms with van der Waals surface area (Å²) in [6, 6.07) is 8.69. The SMILES string of the molecule is CC[P+](O)(Oc1cc(C)c(C(C)(C)C)cc1C(C)(C)C)Oc1cc(C)c(C(C)(C)C)cc1C(C)(C)C. The van der Waals surface area contributed by atoms with Crippen LogP contribution in [0.4, 0.5) is 0 Å². The second kappa shape index (κ2) is 9.95. The highest BCUT2D eigenvalue weighted by molar-refractivity contribution is 7.61. The molecule has 0 aromatic heterocycles. The van der Waals surface area contributed by atoms with E-state index in [1.165, 1.54) is 11.1 Å². The smallest absolute Gasteiger partial charge is 0.278 e. The third-order valence-electron chi connectivity index (χ3n) is 6.77. The van der Waals surface area contributed by atoms with Gasteiger partial charge in [0.2, 0.25) is 0 Å². The molecule has 0 atom stereocenters. The van der Waals surface area contributed by atoms with Crippen LogP contribution in [0.25, 0.3) is 0 Å². The molecule has 0 aliphatic heterocycles. The maximum atomic E-state index is 11.8. The van der Waals surface area contributed by atoms with Crippen LogP contribution in [-0.4, -0.2) is 11.1 Å². The first-order valence-electron chi connectivity index (χ1n) is 13.3. The van der Waals surface area contributed by atoms with Crippen LogP contribution < -0.4 is 9.05 Å². The summed E-state index contributed by atoms with van der Waals surface area (Å²) in [6.07, 6.45) is 0.389. The van der Waals surface area contributed by atoms with Gasteiger partial charge in [0.1, 0.15) is 0 Å². The van der Waals surface area contributed by atoms with Crippen LogP contribution >= 0.6 is 7.94 Å². The topological polar surface area (TPSA) is 38.7 Å². The molecule has 0 fully saturated rings. The average molecular weight is 516 g/mol. The first-order chi connectivity index (χ1) is 16.0. The van der Waals surface area contributed by atoms with Gasteiger partial charge in [0.15, 0.2) is 17.7 Å². The van der Waals surface area contributed by atoms with Crippen molar-refractivity contribution in [1.29, 1.82) is 0 Å². The van der Waals surface area contributed by atoms with Crippen molar-refractivity contribution in [2.24, 2.45) is 0 Å². The third-order valence-corrected chi connectivity index (χ3v) is 8.53. The normalized spacial score (nSPS) is 13.7. The Bertz CT molecular complexity index is 1000. The largest absolute Gasteiger partial charge is 0.494 e. The molecule has 0 saturated carbocycles. The lowest BCUT2D eigenvalue weighted by atomic mass is 9.78. The predicted octanol–water partition coefficient (Wildman–Crippen LogP) is 9.73. The summed E-state index contributed by atoms with van der Waals surface area (Å²) in [5, 5.41) is 0. The van der Waals surface area contributed by atoms with Crippen LogP contribution in [0, 0.1) is 13.8 Å². The summed E-state index contributed by atoms with van der Waals surface area (Å²) >= 11 is 0. The van der Waals surface area contributed by atoms with Crippen LogP contribution in [0.2, 0.25) is 0 Å². The van der Waals surface area contributed by atoms with Crippen molar-refractivity contribution in [2.45, 2.75) is 126 Å². The van der Waals surface area contributed by atoms with E-state index in [1.54, 1.807) is 0 Å². The number of aryl methyl sites for hydroxylation is 2.